The molecule has 5 fully saturated rings. The van der Waals surface area contributed by atoms with Gasteiger partial charge < -0.3 is 62.7 Å². The van der Waals surface area contributed by atoms with Crippen molar-refractivity contribution in [3.8, 4) is 0 Å². The fraction of sp³-hybridized carbons (Fsp3) is 0.810. The molecule has 5 aliphatic heterocycles. The van der Waals surface area contributed by atoms with E-state index in [-0.39, 0.29) is 25.9 Å². The summed E-state index contributed by atoms with van der Waals surface area (Å²) in [5.74, 6) is -3.63. The fourth-order valence-electron chi connectivity index (χ4n) is 8.48. The number of methoxy groups -OCH3 is 3. The minimum absolute atomic E-state index is 0.128. The Morgan fingerprint density at radius 3 is 2.16 bits per heavy atom. The van der Waals surface area contributed by atoms with Crippen LogP contribution in [-0.2, 0) is 57.0 Å². The van der Waals surface area contributed by atoms with Crippen LogP contribution >= 0.6 is 0 Å². The van der Waals surface area contributed by atoms with Crippen molar-refractivity contribution in [1.29, 1.82) is 0 Å². The number of ether oxygens (including phenoxy) is 10. The van der Waals surface area contributed by atoms with Crippen LogP contribution in [0.15, 0.2) is 36.5 Å². The van der Waals surface area contributed by atoms with Crippen LogP contribution < -0.4 is 0 Å². The Morgan fingerprint density at radius 1 is 0.825 bits per heavy atom. The number of rotatable bonds is 11. The van der Waals surface area contributed by atoms with Gasteiger partial charge in [0.05, 0.1) is 43.5 Å². The molecule has 0 radical (unpaired) electrons. The lowest BCUT2D eigenvalue weighted by molar-refractivity contribution is -0.357. The number of hydrogen-bond acceptors (Lipinski definition) is 15. The normalized spacial score (nSPS) is 44.7. The molecule has 5 heterocycles. The Hall–Kier alpha value is -2.12. The lowest BCUT2D eigenvalue weighted by atomic mass is 9.77. The number of esters is 1. The summed E-state index contributed by atoms with van der Waals surface area (Å²) in [4.78, 5) is 27.8. The molecule has 5 aliphatic rings. The zero-order valence-electron chi connectivity index (χ0n) is 35.1. The smallest absolute Gasteiger partial charge is 0.309 e. The van der Waals surface area contributed by atoms with E-state index >= 15 is 0 Å². The molecule has 0 aliphatic carbocycles. The zero-order valence-corrected chi connectivity index (χ0v) is 35.1. The third-order valence-corrected chi connectivity index (χ3v) is 12.3. The van der Waals surface area contributed by atoms with Crippen molar-refractivity contribution in [2.75, 3.05) is 27.9 Å². The molecule has 3 N–H and O–H groups in total. The maximum Gasteiger partial charge on any atom is 0.309 e. The molecule has 4 bridgehead atoms. The number of carbonyl (C=O) groups excluding carboxylic acids is 2. The van der Waals surface area contributed by atoms with Gasteiger partial charge in [-0.25, -0.2) is 0 Å². The molecule has 324 valence electrons. The number of aliphatic hydroxyl groups excluding tert-OH is 2. The lowest BCUT2D eigenvalue weighted by Crippen LogP contribution is -2.63. The number of hydrogen-bond donors (Lipinski definition) is 3. The summed E-state index contributed by atoms with van der Waals surface area (Å²) in [6.07, 6.45) is -0.308. The molecular formula is C42H66O15. The standard InChI is InChI=1S/C42H66O15/c1-22(2)15-13-11-12-14-16-31-41(6,7)32-17-23(3)42(47,57-32)30(44)19-26-18-28(24(4)29(53-26)20-33(45)55-31)54-39-37(49-9)35(27(43)21-51-39)56-40-38(50-10)36(48-8)34(46)25(5)52-40/h11-16,22-29,31-32,34-40,43,46-47H,17-21H2,1-10H3/b12-11+,15-13+,16-14+. The highest BCUT2D eigenvalue weighted by atomic mass is 16.7. The van der Waals surface area contributed by atoms with Crippen LogP contribution in [0.5, 0.6) is 0 Å². The monoisotopic (exact) mass is 810 g/mol. The summed E-state index contributed by atoms with van der Waals surface area (Å²) in [5.41, 5.74) is -0.820. The fourth-order valence-corrected chi connectivity index (χ4v) is 8.48. The Labute approximate surface area is 336 Å². The van der Waals surface area contributed by atoms with Crippen molar-refractivity contribution in [2.45, 2.75) is 166 Å². The predicted molar refractivity (Wildman–Crippen MR) is 204 cm³/mol. The van der Waals surface area contributed by atoms with Crippen molar-refractivity contribution in [3.05, 3.63) is 36.5 Å². The van der Waals surface area contributed by atoms with Gasteiger partial charge in [-0.1, -0.05) is 71.9 Å². The molecule has 0 aromatic heterocycles. The molecule has 15 heteroatoms. The third kappa shape index (κ3) is 10.3. The molecule has 0 spiro atoms. The third-order valence-electron chi connectivity index (χ3n) is 12.3. The Morgan fingerprint density at radius 2 is 1.49 bits per heavy atom. The van der Waals surface area contributed by atoms with Gasteiger partial charge in [-0.2, -0.15) is 0 Å². The lowest BCUT2D eigenvalue weighted by Gasteiger charge is -2.47. The van der Waals surface area contributed by atoms with Gasteiger partial charge >= 0.3 is 5.97 Å². The molecule has 0 aromatic carbocycles. The molecule has 15 nitrogen and oxygen atoms in total. The first kappa shape index (κ1) is 46.0. The molecule has 17 atom stereocenters. The largest absolute Gasteiger partial charge is 0.457 e. The van der Waals surface area contributed by atoms with Gasteiger partial charge in [0.15, 0.2) is 18.4 Å². The number of ketones is 1. The van der Waals surface area contributed by atoms with Gasteiger partial charge in [0.25, 0.3) is 0 Å². The van der Waals surface area contributed by atoms with E-state index in [1.165, 1.54) is 21.3 Å². The van der Waals surface area contributed by atoms with Gasteiger partial charge in [-0.15, -0.1) is 0 Å². The number of allylic oxidation sites excluding steroid dienone is 5. The summed E-state index contributed by atoms with van der Waals surface area (Å²) in [6.45, 7) is 13.2. The van der Waals surface area contributed by atoms with Crippen LogP contribution in [0.1, 0.15) is 74.1 Å². The van der Waals surface area contributed by atoms with Gasteiger partial charge in [-0.3, -0.25) is 9.59 Å². The molecule has 0 saturated carbocycles. The van der Waals surface area contributed by atoms with Crippen LogP contribution in [0.3, 0.4) is 0 Å². The summed E-state index contributed by atoms with van der Waals surface area (Å²) in [5, 5.41) is 33.6. The van der Waals surface area contributed by atoms with E-state index in [2.05, 4.69) is 19.9 Å². The number of carbonyl (C=O) groups is 2. The number of cyclic esters (lactones) is 1. The average Bonchev–Trinajstić information content (AvgIpc) is 3.48. The van der Waals surface area contributed by atoms with Crippen LogP contribution in [0.25, 0.3) is 0 Å². The van der Waals surface area contributed by atoms with Crippen molar-refractivity contribution in [3.63, 3.8) is 0 Å². The van der Waals surface area contributed by atoms with E-state index < -0.39 is 121 Å². The van der Waals surface area contributed by atoms with Gasteiger partial charge in [0, 0.05) is 51.4 Å². The summed E-state index contributed by atoms with van der Waals surface area (Å²) in [6, 6.07) is 0. The van der Waals surface area contributed by atoms with Crippen molar-refractivity contribution >= 4 is 11.8 Å². The van der Waals surface area contributed by atoms with Crippen LogP contribution in [-0.4, -0.2) is 147 Å². The van der Waals surface area contributed by atoms with E-state index in [0.29, 0.717) is 12.3 Å². The second kappa shape index (κ2) is 19.5. The minimum Gasteiger partial charge on any atom is -0.457 e. The maximum absolute atomic E-state index is 14.0. The molecule has 0 amide bonds. The molecule has 57 heavy (non-hydrogen) atoms. The van der Waals surface area contributed by atoms with Crippen LogP contribution in [0, 0.1) is 23.2 Å². The molecule has 17 unspecified atom stereocenters. The highest BCUT2D eigenvalue weighted by Gasteiger charge is 2.57. The van der Waals surface area contributed by atoms with Crippen molar-refractivity contribution < 1.29 is 72.3 Å². The second-order valence-electron chi connectivity index (χ2n) is 17.1. The van der Waals surface area contributed by atoms with Crippen LogP contribution in [0.4, 0.5) is 0 Å². The SMILES string of the molecule is COC1C(OC2CC3CC(=O)C4(O)OC(CC4C)C(C)(C)C(/C=C/C=C/C=C/C(C)C)OC(=O)CC(O3)C2C)OCC(O)C1OC1OC(C)C(O)C(OC)C1OC. The van der Waals surface area contributed by atoms with Gasteiger partial charge in [0.1, 0.15) is 42.7 Å². The first-order chi connectivity index (χ1) is 26.9. The summed E-state index contributed by atoms with van der Waals surface area (Å²) < 4.78 is 60.8. The van der Waals surface area contributed by atoms with E-state index in [9.17, 15) is 24.9 Å². The molecular weight excluding hydrogens is 744 g/mol. The minimum atomic E-state index is -2.07. The molecule has 5 saturated heterocycles. The van der Waals surface area contributed by atoms with Crippen molar-refractivity contribution in [2.24, 2.45) is 23.2 Å². The first-order valence-electron chi connectivity index (χ1n) is 20.3. The molecule has 5 rings (SSSR count). The maximum atomic E-state index is 14.0. The summed E-state index contributed by atoms with van der Waals surface area (Å²) >= 11 is 0. The first-order valence-corrected chi connectivity index (χ1v) is 20.3. The zero-order chi connectivity index (χ0) is 41.8. The Balaban J connectivity index is 1.38. The van der Waals surface area contributed by atoms with E-state index in [1.807, 2.05) is 45.1 Å². The van der Waals surface area contributed by atoms with Gasteiger partial charge in [0.2, 0.25) is 5.79 Å². The summed E-state index contributed by atoms with van der Waals surface area (Å²) in [7, 11) is 4.34. The molecule has 0 aromatic rings. The van der Waals surface area contributed by atoms with Crippen molar-refractivity contribution in [1.82, 2.24) is 0 Å². The highest BCUT2D eigenvalue weighted by Crippen LogP contribution is 2.46. The van der Waals surface area contributed by atoms with Gasteiger partial charge in [-0.05, 0) is 25.3 Å². The van der Waals surface area contributed by atoms with E-state index in [4.69, 9.17) is 47.4 Å². The van der Waals surface area contributed by atoms with E-state index in [1.54, 1.807) is 19.9 Å². The Bertz CT molecular complexity index is 1430. The number of aliphatic hydroxyl groups is 3. The van der Waals surface area contributed by atoms with Crippen LogP contribution in [0.2, 0.25) is 0 Å². The predicted octanol–water partition coefficient (Wildman–Crippen LogP) is 3.16. The quantitative estimate of drug-likeness (QED) is 0.204. The Kier molecular flexibility index (Phi) is 15.7. The number of fused-ring (bicyclic) bond motifs is 4. The van der Waals surface area contributed by atoms with E-state index in [0.717, 1.165) is 0 Å². The number of Topliss-reactive ketones (excluding diaryl/α,β-unsaturated/α-hetero) is 1. The average molecular weight is 811 g/mol. The topological polar surface area (TPSA) is 187 Å². The highest BCUT2D eigenvalue weighted by molar-refractivity contribution is 5.86. The second-order valence-corrected chi connectivity index (χ2v) is 17.1.